The first-order valence-corrected chi connectivity index (χ1v) is 7.00. The molecule has 2 atom stereocenters. The Hall–Kier alpha value is -0.610. The first-order chi connectivity index (χ1) is 8.47. The molecule has 4 heteroatoms. The van der Waals surface area contributed by atoms with Crippen LogP contribution in [0.25, 0.3) is 0 Å². The van der Waals surface area contributed by atoms with E-state index in [4.69, 9.17) is 4.74 Å². The Labute approximate surface area is 111 Å². The van der Waals surface area contributed by atoms with Crippen molar-refractivity contribution in [3.63, 3.8) is 0 Å². The Balaban J connectivity index is 2.44. The summed E-state index contributed by atoms with van der Waals surface area (Å²) < 4.78 is 5.36. The zero-order chi connectivity index (χ0) is 13.7. The van der Waals surface area contributed by atoms with Crippen molar-refractivity contribution in [1.82, 2.24) is 10.6 Å². The average molecular weight is 256 g/mol. The fourth-order valence-corrected chi connectivity index (χ4v) is 2.69. The van der Waals surface area contributed by atoms with E-state index in [-0.39, 0.29) is 17.9 Å². The largest absolute Gasteiger partial charge is 0.379 e. The smallest absolute Gasteiger partial charge is 0.227 e. The second-order valence-electron chi connectivity index (χ2n) is 5.94. The van der Waals surface area contributed by atoms with Crippen molar-refractivity contribution >= 4 is 5.91 Å². The number of amides is 1. The first kappa shape index (κ1) is 15.4. The van der Waals surface area contributed by atoms with Crippen LogP contribution in [0.1, 0.15) is 27.7 Å². The molecular formula is C14H28N2O2. The fourth-order valence-electron chi connectivity index (χ4n) is 2.69. The molecule has 0 spiro atoms. The lowest BCUT2D eigenvalue weighted by molar-refractivity contribution is -0.125. The molecule has 0 aromatic rings. The summed E-state index contributed by atoms with van der Waals surface area (Å²) in [7, 11) is 1.88. The predicted octanol–water partition coefficient (Wildman–Crippen LogP) is 1.27. The van der Waals surface area contributed by atoms with Gasteiger partial charge in [0.05, 0.1) is 19.1 Å². The van der Waals surface area contributed by atoms with E-state index in [1.54, 1.807) is 0 Å². The molecule has 1 amide bonds. The first-order valence-electron chi connectivity index (χ1n) is 7.00. The molecule has 1 aliphatic rings. The molecule has 0 saturated carbocycles. The van der Waals surface area contributed by atoms with E-state index in [1.807, 2.05) is 7.05 Å². The van der Waals surface area contributed by atoms with Gasteiger partial charge in [-0.25, -0.2) is 0 Å². The van der Waals surface area contributed by atoms with Crippen molar-refractivity contribution in [2.75, 3.05) is 26.8 Å². The van der Waals surface area contributed by atoms with Crippen LogP contribution in [0.2, 0.25) is 0 Å². The van der Waals surface area contributed by atoms with Gasteiger partial charge in [-0.3, -0.25) is 4.79 Å². The van der Waals surface area contributed by atoms with Gasteiger partial charge in [-0.05, 0) is 24.8 Å². The van der Waals surface area contributed by atoms with Gasteiger partial charge in [0.1, 0.15) is 0 Å². The van der Waals surface area contributed by atoms with E-state index in [0.717, 1.165) is 6.54 Å². The molecule has 1 saturated heterocycles. The summed E-state index contributed by atoms with van der Waals surface area (Å²) in [5, 5.41) is 6.23. The zero-order valence-corrected chi connectivity index (χ0v) is 12.3. The maximum Gasteiger partial charge on any atom is 0.227 e. The second-order valence-corrected chi connectivity index (χ2v) is 5.94. The fraction of sp³-hybridized carbons (Fsp3) is 0.929. The maximum absolute atomic E-state index is 12.1. The molecule has 4 nitrogen and oxygen atoms in total. The lowest BCUT2D eigenvalue weighted by Gasteiger charge is -2.26. The minimum absolute atomic E-state index is 0.0463. The maximum atomic E-state index is 12.1. The molecule has 106 valence electrons. The van der Waals surface area contributed by atoms with Crippen LogP contribution in [-0.4, -0.2) is 38.8 Å². The number of rotatable bonds is 6. The molecule has 1 heterocycles. The van der Waals surface area contributed by atoms with E-state index in [0.29, 0.717) is 31.0 Å². The molecule has 2 N–H and O–H groups in total. The lowest BCUT2D eigenvalue weighted by atomic mass is 9.85. The molecule has 0 aromatic carbocycles. The minimum Gasteiger partial charge on any atom is -0.379 e. The highest BCUT2D eigenvalue weighted by Crippen LogP contribution is 2.20. The van der Waals surface area contributed by atoms with E-state index < -0.39 is 0 Å². The lowest BCUT2D eigenvalue weighted by Crippen LogP contribution is -2.44. The Morgan fingerprint density at radius 3 is 2.33 bits per heavy atom. The molecule has 0 aliphatic carbocycles. The molecule has 0 radical (unpaired) electrons. The van der Waals surface area contributed by atoms with Crippen molar-refractivity contribution in [1.29, 1.82) is 0 Å². The molecule has 1 fully saturated rings. The number of hydrogen-bond donors (Lipinski definition) is 2. The van der Waals surface area contributed by atoms with Crippen molar-refractivity contribution < 1.29 is 9.53 Å². The number of carbonyl (C=O) groups is 1. The molecule has 2 unspecified atom stereocenters. The van der Waals surface area contributed by atoms with Gasteiger partial charge in [0.25, 0.3) is 0 Å². The van der Waals surface area contributed by atoms with Crippen molar-refractivity contribution in [3.05, 3.63) is 0 Å². The van der Waals surface area contributed by atoms with E-state index in [1.165, 1.54) is 0 Å². The van der Waals surface area contributed by atoms with Gasteiger partial charge in [0.15, 0.2) is 0 Å². The van der Waals surface area contributed by atoms with Crippen molar-refractivity contribution in [3.8, 4) is 0 Å². The van der Waals surface area contributed by atoms with Crippen LogP contribution >= 0.6 is 0 Å². The monoisotopic (exact) mass is 256 g/mol. The summed E-state index contributed by atoms with van der Waals surface area (Å²) in [4.78, 5) is 12.1. The van der Waals surface area contributed by atoms with Crippen LogP contribution in [0, 0.1) is 23.7 Å². The van der Waals surface area contributed by atoms with E-state index in [2.05, 4.69) is 38.3 Å². The van der Waals surface area contributed by atoms with E-state index >= 15 is 0 Å². The number of carbonyl (C=O) groups excluding carboxylic acids is 1. The average Bonchev–Trinajstić information content (AvgIpc) is 2.75. The molecule has 0 aromatic heterocycles. The van der Waals surface area contributed by atoms with Crippen LogP contribution in [0.15, 0.2) is 0 Å². The van der Waals surface area contributed by atoms with Gasteiger partial charge >= 0.3 is 0 Å². The third-order valence-corrected chi connectivity index (χ3v) is 4.01. The van der Waals surface area contributed by atoms with Crippen LogP contribution in [0.5, 0.6) is 0 Å². The molecule has 1 aliphatic heterocycles. The highest BCUT2D eigenvalue weighted by Gasteiger charge is 2.33. The van der Waals surface area contributed by atoms with Gasteiger partial charge in [-0.15, -0.1) is 0 Å². The summed E-state index contributed by atoms with van der Waals surface area (Å²) in [5.41, 5.74) is 0. The summed E-state index contributed by atoms with van der Waals surface area (Å²) in [6.45, 7) is 10.8. The third-order valence-electron chi connectivity index (χ3n) is 4.01. The van der Waals surface area contributed by atoms with Gasteiger partial charge < -0.3 is 15.4 Å². The van der Waals surface area contributed by atoms with Crippen LogP contribution < -0.4 is 10.6 Å². The highest BCUT2D eigenvalue weighted by molar-refractivity contribution is 5.79. The number of ether oxygens (including phenoxy) is 1. The topological polar surface area (TPSA) is 50.4 Å². The van der Waals surface area contributed by atoms with Gasteiger partial charge in [-0.2, -0.15) is 0 Å². The SMILES string of the molecule is CNC1COCC1C(=O)NCC(C(C)C)C(C)C. The van der Waals surface area contributed by atoms with Gasteiger partial charge in [0.2, 0.25) is 5.91 Å². The standard InChI is InChI=1S/C14H28N2O2/c1-9(2)11(10(3)4)6-16-14(17)12-7-18-8-13(12)15-5/h9-13,15H,6-8H2,1-5H3,(H,16,17). The van der Waals surface area contributed by atoms with E-state index in [9.17, 15) is 4.79 Å². The number of hydrogen-bond acceptors (Lipinski definition) is 3. The molecule has 18 heavy (non-hydrogen) atoms. The summed E-state index contributed by atoms with van der Waals surface area (Å²) in [6, 6.07) is 0.154. The minimum atomic E-state index is -0.0463. The highest BCUT2D eigenvalue weighted by atomic mass is 16.5. The summed E-state index contributed by atoms with van der Waals surface area (Å²) in [5.74, 6) is 1.79. The number of likely N-dealkylation sites (N-methyl/N-ethyl adjacent to an activating group) is 1. The van der Waals surface area contributed by atoms with Crippen molar-refractivity contribution in [2.45, 2.75) is 33.7 Å². The number of nitrogens with one attached hydrogen (secondary N) is 2. The van der Waals surface area contributed by atoms with Crippen molar-refractivity contribution in [2.24, 2.45) is 23.7 Å². The Kier molecular flexibility index (Phi) is 6.09. The van der Waals surface area contributed by atoms with Gasteiger partial charge in [-0.1, -0.05) is 27.7 Å². The zero-order valence-electron chi connectivity index (χ0n) is 12.3. The Bertz CT molecular complexity index is 259. The Morgan fingerprint density at radius 2 is 1.83 bits per heavy atom. The summed E-state index contributed by atoms with van der Waals surface area (Å²) >= 11 is 0. The second kappa shape index (κ2) is 7.10. The molecule has 0 bridgehead atoms. The predicted molar refractivity (Wildman–Crippen MR) is 73.3 cm³/mol. The normalized spacial score (nSPS) is 24.2. The van der Waals surface area contributed by atoms with Crippen LogP contribution in [-0.2, 0) is 9.53 Å². The third kappa shape index (κ3) is 3.95. The van der Waals surface area contributed by atoms with Crippen LogP contribution in [0.4, 0.5) is 0 Å². The summed E-state index contributed by atoms with van der Waals surface area (Å²) in [6.07, 6.45) is 0. The van der Waals surface area contributed by atoms with Crippen LogP contribution in [0.3, 0.4) is 0 Å². The van der Waals surface area contributed by atoms with Gasteiger partial charge in [0, 0.05) is 12.6 Å². The Morgan fingerprint density at radius 1 is 1.22 bits per heavy atom. The molecule has 1 rings (SSSR count). The molecular weight excluding hydrogens is 228 g/mol. The quantitative estimate of drug-likeness (QED) is 0.752.